The number of carbonyl (C=O) groups is 2. The highest BCUT2D eigenvalue weighted by atomic mass is 32.2. The first-order chi connectivity index (χ1) is 16.3. The van der Waals surface area contributed by atoms with Crippen molar-refractivity contribution in [3.8, 4) is 0 Å². The maximum Gasteiger partial charge on any atom is 0.328 e. The number of carbonyl (C=O) groups excluding carboxylic acids is 2. The van der Waals surface area contributed by atoms with Gasteiger partial charge in [0.05, 0.1) is 6.61 Å². The van der Waals surface area contributed by atoms with Gasteiger partial charge in [0.25, 0.3) is 20.2 Å². The highest BCUT2D eigenvalue weighted by molar-refractivity contribution is 7.87. The first kappa shape index (κ1) is 33.7. The summed E-state index contributed by atoms with van der Waals surface area (Å²) in [5, 5.41) is -3.76. The summed E-state index contributed by atoms with van der Waals surface area (Å²) in [6.07, 6.45) is 12.0. The molecule has 13 heteroatoms. The predicted octanol–water partition coefficient (Wildman–Crippen LogP) is 3.67. The van der Waals surface area contributed by atoms with Crippen LogP contribution in [0.4, 0.5) is 0 Å². The quantitative estimate of drug-likeness (QED) is 0.0931. The van der Waals surface area contributed by atoms with E-state index < -0.39 is 55.6 Å². The van der Waals surface area contributed by atoms with Crippen LogP contribution in [0.5, 0.6) is 0 Å². The van der Waals surface area contributed by atoms with Gasteiger partial charge in [-0.05, 0) is 20.3 Å². The van der Waals surface area contributed by atoms with E-state index in [4.69, 9.17) is 23.3 Å². The van der Waals surface area contributed by atoms with Crippen LogP contribution in [0.1, 0.15) is 97.8 Å². The Labute approximate surface area is 209 Å². The summed E-state index contributed by atoms with van der Waals surface area (Å²) in [7, 11) is -9.39. The maximum atomic E-state index is 12.0. The molecule has 35 heavy (non-hydrogen) atoms. The summed E-state index contributed by atoms with van der Waals surface area (Å²) in [6.45, 7) is 3.41. The van der Waals surface area contributed by atoms with Gasteiger partial charge < -0.3 is 14.2 Å². The Morgan fingerprint density at radius 1 is 0.686 bits per heavy atom. The van der Waals surface area contributed by atoms with Gasteiger partial charge in [-0.1, -0.05) is 77.6 Å². The highest BCUT2D eigenvalue weighted by Crippen LogP contribution is 2.13. The molecular formula is C22H42O11S2. The van der Waals surface area contributed by atoms with Crippen molar-refractivity contribution in [3.05, 3.63) is 0 Å². The fourth-order valence-corrected chi connectivity index (χ4v) is 3.62. The molecule has 0 aliphatic carbocycles. The van der Waals surface area contributed by atoms with Crippen LogP contribution in [-0.4, -0.2) is 67.9 Å². The second-order valence-corrected chi connectivity index (χ2v) is 12.0. The average molecular weight is 547 g/mol. The van der Waals surface area contributed by atoms with Crippen molar-refractivity contribution in [2.45, 2.75) is 115 Å². The molecule has 0 aromatic heterocycles. The molecule has 0 rings (SSSR count). The number of hydrogen-bond donors (Lipinski definition) is 2. The molecule has 0 fully saturated rings. The van der Waals surface area contributed by atoms with E-state index in [9.17, 15) is 26.4 Å². The summed E-state index contributed by atoms with van der Waals surface area (Å²) in [4.78, 5) is 23.7. The summed E-state index contributed by atoms with van der Waals surface area (Å²) in [5.74, 6) is -2.63. The molecule has 3 unspecified atom stereocenters. The minimum absolute atomic E-state index is 0.112. The van der Waals surface area contributed by atoms with Crippen LogP contribution in [0, 0.1) is 0 Å². The van der Waals surface area contributed by atoms with Gasteiger partial charge in [0.15, 0.2) is 17.1 Å². The summed E-state index contributed by atoms with van der Waals surface area (Å²) in [5.41, 5.74) is 0. The third kappa shape index (κ3) is 16.9. The van der Waals surface area contributed by atoms with E-state index in [2.05, 4.69) is 6.92 Å². The van der Waals surface area contributed by atoms with Crippen LogP contribution in [0.25, 0.3) is 0 Å². The first-order valence-electron chi connectivity index (χ1n) is 12.2. The molecule has 0 aliphatic rings. The molecule has 0 amide bonds. The van der Waals surface area contributed by atoms with Crippen LogP contribution in [0.2, 0.25) is 0 Å². The van der Waals surface area contributed by atoms with Gasteiger partial charge in [-0.3, -0.25) is 18.7 Å². The fraction of sp³-hybridized carbons (Fsp3) is 0.909. The standard InChI is InChI=1S/C22H42O11S2/c1-4-5-6-7-8-9-10-11-12-13-14-15-16-31-20(33-22(24)19(3)35(28,29)30)17-32-21(23)18(2)34(25,26)27/h18-20H,4-17H2,1-3H3,(H,25,26,27)(H,28,29,30). The van der Waals surface area contributed by atoms with E-state index in [1.807, 2.05) is 0 Å². The third-order valence-corrected chi connectivity index (χ3v) is 7.64. The van der Waals surface area contributed by atoms with Crippen LogP contribution in [-0.2, 0) is 44.0 Å². The zero-order valence-corrected chi connectivity index (χ0v) is 22.6. The van der Waals surface area contributed by atoms with Crippen molar-refractivity contribution in [2.24, 2.45) is 0 Å². The molecule has 208 valence electrons. The lowest BCUT2D eigenvalue weighted by atomic mass is 10.1. The fourth-order valence-electron chi connectivity index (χ4n) is 3.01. The van der Waals surface area contributed by atoms with Crippen molar-refractivity contribution < 1.29 is 49.7 Å². The van der Waals surface area contributed by atoms with Crippen molar-refractivity contribution in [1.82, 2.24) is 0 Å². The molecule has 0 aromatic rings. The van der Waals surface area contributed by atoms with Crippen LogP contribution in [0.15, 0.2) is 0 Å². The van der Waals surface area contributed by atoms with Gasteiger partial charge >= 0.3 is 11.9 Å². The largest absolute Gasteiger partial charge is 0.458 e. The van der Waals surface area contributed by atoms with E-state index >= 15 is 0 Å². The van der Waals surface area contributed by atoms with Crippen LogP contribution in [0.3, 0.4) is 0 Å². The van der Waals surface area contributed by atoms with Gasteiger partial charge in [-0.2, -0.15) is 16.8 Å². The van der Waals surface area contributed by atoms with Gasteiger partial charge in [0.1, 0.15) is 0 Å². The molecule has 0 saturated heterocycles. The molecule has 0 aliphatic heterocycles. The van der Waals surface area contributed by atoms with E-state index in [1.165, 1.54) is 44.9 Å². The Morgan fingerprint density at radius 3 is 1.51 bits per heavy atom. The molecule has 0 bridgehead atoms. The number of hydrogen-bond acceptors (Lipinski definition) is 9. The first-order valence-corrected chi connectivity index (χ1v) is 15.2. The molecule has 11 nitrogen and oxygen atoms in total. The van der Waals surface area contributed by atoms with Crippen molar-refractivity contribution in [1.29, 1.82) is 0 Å². The second-order valence-electron chi connectivity index (χ2n) is 8.57. The van der Waals surface area contributed by atoms with E-state index in [1.54, 1.807) is 0 Å². The third-order valence-electron chi connectivity index (χ3n) is 5.47. The Morgan fingerprint density at radius 2 is 1.09 bits per heavy atom. The van der Waals surface area contributed by atoms with Crippen molar-refractivity contribution in [3.63, 3.8) is 0 Å². The molecular weight excluding hydrogens is 504 g/mol. The SMILES string of the molecule is CCCCCCCCCCCCCCOC(COC(=O)C(C)S(=O)(=O)O)OC(=O)C(C)S(=O)(=O)O. The number of esters is 2. The minimum Gasteiger partial charge on any atom is -0.458 e. The second kappa shape index (κ2) is 18.0. The Hall–Kier alpha value is -1.28. The molecule has 2 N–H and O–H groups in total. The van der Waals surface area contributed by atoms with E-state index in [-0.39, 0.29) is 6.61 Å². The summed E-state index contributed by atoms with van der Waals surface area (Å²) < 4.78 is 77.3. The van der Waals surface area contributed by atoms with Crippen LogP contribution >= 0.6 is 0 Å². The molecule has 0 heterocycles. The number of ether oxygens (including phenoxy) is 3. The lowest BCUT2D eigenvalue weighted by Crippen LogP contribution is -2.37. The summed E-state index contributed by atoms with van der Waals surface area (Å²) >= 11 is 0. The molecule has 0 radical (unpaired) electrons. The normalized spacial score (nSPS) is 14.8. The monoisotopic (exact) mass is 546 g/mol. The minimum atomic E-state index is -4.71. The van der Waals surface area contributed by atoms with Gasteiger partial charge in [0, 0.05) is 0 Å². The smallest absolute Gasteiger partial charge is 0.328 e. The lowest BCUT2D eigenvalue weighted by Gasteiger charge is -2.20. The van der Waals surface area contributed by atoms with Gasteiger partial charge in [-0.15, -0.1) is 0 Å². The van der Waals surface area contributed by atoms with E-state index in [0.29, 0.717) is 6.42 Å². The Bertz CT molecular complexity index is 809. The zero-order chi connectivity index (χ0) is 26.9. The van der Waals surface area contributed by atoms with Crippen molar-refractivity contribution in [2.75, 3.05) is 13.2 Å². The Balaban J connectivity index is 4.41. The molecule has 3 atom stereocenters. The number of rotatable bonds is 21. The number of unbranched alkanes of at least 4 members (excludes halogenated alkanes) is 11. The van der Waals surface area contributed by atoms with Gasteiger partial charge in [-0.25, -0.2) is 0 Å². The van der Waals surface area contributed by atoms with Gasteiger partial charge in [0.2, 0.25) is 6.29 Å². The van der Waals surface area contributed by atoms with Crippen LogP contribution < -0.4 is 0 Å². The molecule has 0 spiro atoms. The van der Waals surface area contributed by atoms with Crippen molar-refractivity contribution >= 4 is 32.2 Å². The average Bonchev–Trinajstić information content (AvgIpc) is 2.77. The topological polar surface area (TPSA) is 171 Å². The summed E-state index contributed by atoms with van der Waals surface area (Å²) in [6, 6.07) is 0. The maximum absolute atomic E-state index is 12.0. The lowest BCUT2D eigenvalue weighted by molar-refractivity contribution is -0.194. The zero-order valence-electron chi connectivity index (χ0n) is 21.0. The van der Waals surface area contributed by atoms with E-state index in [0.717, 1.165) is 39.5 Å². The molecule has 0 saturated carbocycles. The highest BCUT2D eigenvalue weighted by Gasteiger charge is 2.32. The molecule has 0 aromatic carbocycles. The predicted molar refractivity (Wildman–Crippen MR) is 130 cm³/mol. The Kier molecular flexibility index (Phi) is 17.4.